The number of allylic oxidation sites excluding steroid dienone is 2. The van der Waals surface area contributed by atoms with Gasteiger partial charge in [0.25, 0.3) is 0 Å². The molecule has 0 amide bonds. The first-order chi connectivity index (χ1) is 9.19. The van der Waals surface area contributed by atoms with Gasteiger partial charge in [0.2, 0.25) is 0 Å². The molecular formula is C16H23BrO3. The Morgan fingerprint density at radius 2 is 1.90 bits per heavy atom. The molecule has 112 valence electrons. The van der Waals surface area contributed by atoms with Gasteiger partial charge in [-0.3, -0.25) is 0 Å². The molecule has 0 saturated heterocycles. The number of phenols is 2. The molecule has 0 bridgehead atoms. The zero-order valence-electron chi connectivity index (χ0n) is 12.3. The van der Waals surface area contributed by atoms with E-state index in [0.29, 0.717) is 16.5 Å². The van der Waals surface area contributed by atoms with E-state index in [1.807, 2.05) is 26.8 Å². The van der Waals surface area contributed by atoms with Gasteiger partial charge in [-0.05, 0) is 74.5 Å². The summed E-state index contributed by atoms with van der Waals surface area (Å²) in [6.45, 7) is 5.67. The van der Waals surface area contributed by atoms with Crippen LogP contribution in [-0.4, -0.2) is 20.9 Å². The molecule has 3 N–H and O–H groups in total. The van der Waals surface area contributed by atoms with Gasteiger partial charge in [0.15, 0.2) is 0 Å². The van der Waals surface area contributed by atoms with E-state index in [0.717, 1.165) is 19.3 Å². The molecule has 0 aliphatic rings. The van der Waals surface area contributed by atoms with E-state index in [1.165, 1.54) is 11.6 Å². The Morgan fingerprint density at radius 3 is 2.50 bits per heavy atom. The lowest BCUT2D eigenvalue weighted by atomic mass is 9.98. The largest absolute Gasteiger partial charge is 0.508 e. The van der Waals surface area contributed by atoms with Gasteiger partial charge in [-0.1, -0.05) is 11.6 Å². The molecule has 3 nitrogen and oxygen atoms in total. The smallest absolute Gasteiger partial charge is 0.130 e. The van der Waals surface area contributed by atoms with Gasteiger partial charge in [-0.25, -0.2) is 0 Å². The van der Waals surface area contributed by atoms with Crippen molar-refractivity contribution in [3.8, 4) is 11.5 Å². The van der Waals surface area contributed by atoms with Crippen LogP contribution in [0.4, 0.5) is 0 Å². The molecule has 1 rings (SSSR count). The van der Waals surface area contributed by atoms with Crippen molar-refractivity contribution in [3.63, 3.8) is 0 Å². The predicted octanol–water partition coefficient (Wildman–Crippen LogP) is 4.29. The van der Waals surface area contributed by atoms with Crippen LogP contribution in [0.25, 0.3) is 0 Å². The standard InChI is InChI=1S/C16H23BrO3/c1-11(5-4-8-16(2,3)20)6-7-12-9-15(19)13(17)10-14(12)18/h6,9-10,18-20H,4-5,7-8H2,1-3H3/b11-6+. The van der Waals surface area contributed by atoms with Crippen molar-refractivity contribution >= 4 is 15.9 Å². The Balaban J connectivity index is 2.57. The first-order valence-electron chi connectivity index (χ1n) is 6.77. The number of halogens is 1. The molecule has 0 aliphatic carbocycles. The summed E-state index contributed by atoms with van der Waals surface area (Å²) in [6.07, 6.45) is 5.26. The molecule has 0 saturated carbocycles. The Bertz CT molecular complexity index is 487. The third kappa shape index (κ3) is 5.97. The number of aromatic hydroxyl groups is 2. The molecule has 0 fully saturated rings. The number of hydrogen-bond donors (Lipinski definition) is 3. The highest BCUT2D eigenvalue weighted by molar-refractivity contribution is 9.10. The molecule has 0 radical (unpaired) electrons. The number of aliphatic hydroxyl groups is 1. The molecule has 0 unspecified atom stereocenters. The van der Waals surface area contributed by atoms with E-state index in [9.17, 15) is 15.3 Å². The maximum Gasteiger partial charge on any atom is 0.130 e. The zero-order valence-corrected chi connectivity index (χ0v) is 13.9. The fourth-order valence-corrected chi connectivity index (χ4v) is 2.28. The molecule has 0 spiro atoms. The van der Waals surface area contributed by atoms with Gasteiger partial charge >= 0.3 is 0 Å². The highest BCUT2D eigenvalue weighted by Crippen LogP contribution is 2.31. The molecule has 4 heteroatoms. The highest BCUT2D eigenvalue weighted by Gasteiger charge is 2.11. The molecule has 1 aromatic carbocycles. The Morgan fingerprint density at radius 1 is 1.25 bits per heavy atom. The summed E-state index contributed by atoms with van der Waals surface area (Å²) in [6, 6.07) is 3.07. The fraction of sp³-hybridized carbons (Fsp3) is 0.500. The van der Waals surface area contributed by atoms with Crippen LogP contribution < -0.4 is 0 Å². The van der Waals surface area contributed by atoms with Crippen molar-refractivity contribution in [3.05, 3.63) is 33.8 Å². The second-order valence-corrected chi connectivity index (χ2v) is 6.71. The minimum Gasteiger partial charge on any atom is -0.508 e. The molecule has 0 aliphatic heterocycles. The predicted molar refractivity (Wildman–Crippen MR) is 85.1 cm³/mol. The molecule has 1 aromatic rings. The third-order valence-electron chi connectivity index (χ3n) is 3.18. The molecular weight excluding hydrogens is 320 g/mol. The lowest BCUT2D eigenvalue weighted by molar-refractivity contribution is 0.0689. The SMILES string of the molecule is C/C(=C\Cc1cc(O)c(Br)cc1O)CCCC(C)(C)O. The van der Waals surface area contributed by atoms with Gasteiger partial charge in [0, 0.05) is 5.56 Å². The van der Waals surface area contributed by atoms with Crippen LogP contribution in [0.15, 0.2) is 28.3 Å². The lowest BCUT2D eigenvalue weighted by Gasteiger charge is -2.16. The van der Waals surface area contributed by atoms with E-state index < -0.39 is 5.60 Å². The summed E-state index contributed by atoms with van der Waals surface area (Å²) in [7, 11) is 0. The van der Waals surface area contributed by atoms with E-state index >= 15 is 0 Å². The van der Waals surface area contributed by atoms with Crippen LogP contribution in [0.1, 0.15) is 45.6 Å². The van der Waals surface area contributed by atoms with Crippen LogP contribution in [0.5, 0.6) is 11.5 Å². The van der Waals surface area contributed by atoms with Crippen molar-refractivity contribution in [2.24, 2.45) is 0 Å². The summed E-state index contributed by atoms with van der Waals surface area (Å²) in [5.41, 5.74) is 1.30. The van der Waals surface area contributed by atoms with E-state index in [4.69, 9.17) is 0 Å². The summed E-state index contributed by atoms with van der Waals surface area (Å²) in [5, 5.41) is 29.1. The topological polar surface area (TPSA) is 60.7 Å². The van der Waals surface area contributed by atoms with Gasteiger partial charge < -0.3 is 15.3 Å². The number of benzene rings is 1. The van der Waals surface area contributed by atoms with E-state index in [-0.39, 0.29) is 11.5 Å². The van der Waals surface area contributed by atoms with Gasteiger partial charge in [0.1, 0.15) is 11.5 Å². The zero-order chi connectivity index (χ0) is 15.3. The van der Waals surface area contributed by atoms with Crippen LogP contribution in [0.3, 0.4) is 0 Å². The van der Waals surface area contributed by atoms with Crippen molar-refractivity contribution in [1.29, 1.82) is 0 Å². The summed E-state index contributed by atoms with van der Waals surface area (Å²) in [4.78, 5) is 0. The Kier molecular flexibility index (Phi) is 6.08. The van der Waals surface area contributed by atoms with Gasteiger partial charge in [-0.2, -0.15) is 0 Å². The first-order valence-corrected chi connectivity index (χ1v) is 7.57. The van der Waals surface area contributed by atoms with Crippen LogP contribution in [-0.2, 0) is 6.42 Å². The maximum absolute atomic E-state index is 9.81. The van der Waals surface area contributed by atoms with Gasteiger partial charge in [0.05, 0.1) is 10.1 Å². The van der Waals surface area contributed by atoms with Crippen molar-refractivity contribution in [1.82, 2.24) is 0 Å². The third-order valence-corrected chi connectivity index (χ3v) is 3.81. The van der Waals surface area contributed by atoms with Gasteiger partial charge in [-0.15, -0.1) is 0 Å². The maximum atomic E-state index is 9.81. The molecule has 20 heavy (non-hydrogen) atoms. The number of hydrogen-bond acceptors (Lipinski definition) is 3. The molecule has 0 heterocycles. The second kappa shape index (κ2) is 7.14. The second-order valence-electron chi connectivity index (χ2n) is 5.85. The minimum absolute atomic E-state index is 0.130. The average Bonchev–Trinajstić information content (AvgIpc) is 2.30. The van der Waals surface area contributed by atoms with E-state index in [2.05, 4.69) is 15.9 Å². The Hall–Kier alpha value is -1.00. The molecule has 0 aromatic heterocycles. The quantitative estimate of drug-likeness (QED) is 0.533. The average molecular weight is 343 g/mol. The monoisotopic (exact) mass is 342 g/mol. The molecule has 0 atom stereocenters. The first kappa shape index (κ1) is 17.1. The highest BCUT2D eigenvalue weighted by atomic mass is 79.9. The number of phenolic OH excluding ortho intramolecular Hbond substituents is 2. The van der Waals surface area contributed by atoms with Crippen LogP contribution in [0.2, 0.25) is 0 Å². The normalized spacial score (nSPS) is 12.8. The summed E-state index contributed by atoms with van der Waals surface area (Å²) in [5.74, 6) is 0.307. The van der Waals surface area contributed by atoms with Crippen molar-refractivity contribution in [2.75, 3.05) is 0 Å². The van der Waals surface area contributed by atoms with Crippen molar-refractivity contribution in [2.45, 2.75) is 52.1 Å². The summed E-state index contributed by atoms with van der Waals surface area (Å²) >= 11 is 3.16. The fourth-order valence-electron chi connectivity index (χ4n) is 1.94. The minimum atomic E-state index is -0.615. The Labute approximate surface area is 129 Å². The van der Waals surface area contributed by atoms with Crippen LogP contribution >= 0.6 is 15.9 Å². The number of rotatable bonds is 6. The van der Waals surface area contributed by atoms with Crippen molar-refractivity contribution < 1.29 is 15.3 Å². The van der Waals surface area contributed by atoms with Crippen LogP contribution in [0, 0.1) is 0 Å². The van der Waals surface area contributed by atoms with E-state index in [1.54, 1.807) is 6.07 Å². The lowest BCUT2D eigenvalue weighted by Crippen LogP contribution is -2.17. The summed E-state index contributed by atoms with van der Waals surface area (Å²) < 4.78 is 0.490.